The Morgan fingerprint density at radius 2 is 1.85 bits per heavy atom. The van der Waals surface area contributed by atoms with Crippen molar-refractivity contribution in [3.8, 4) is 0 Å². The first-order valence-electron chi connectivity index (χ1n) is 13.0. The molecule has 1 aliphatic rings. The largest absolute Gasteiger partial charge is 0.398 e. The van der Waals surface area contributed by atoms with Gasteiger partial charge in [0, 0.05) is 35.2 Å². The molecule has 1 aliphatic heterocycles. The molecule has 0 radical (unpaired) electrons. The molecule has 1 fully saturated rings. The van der Waals surface area contributed by atoms with Crippen LogP contribution in [-0.4, -0.2) is 51.2 Å². The van der Waals surface area contributed by atoms with E-state index in [1.165, 1.54) is 12.1 Å². The Morgan fingerprint density at radius 1 is 1.10 bits per heavy atom. The smallest absolute Gasteiger partial charge is 0.254 e. The highest BCUT2D eigenvalue weighted by molar-refractivity contribution is 6.00. The number of halogens is 2. The Kier molecular flexibility index (Phi) is 9.65. The lowest BCUT2D eigenvalue weighted by Crippen LogP contribution is -2.41. The van der Waals surface area contributed by atoms with Crippen molar-refractivity contribution in [2.75, 3.05) is 48.9 Å². The molecule has 0 saturated carbocycles. The van der Waals surface area contributed by atoms with Gasteiger partial charge >= 0.3 is 0 Å². The summed E-state index contributed by atoms with van der Waals surface area (Å²) in [6, 6.07) is 14.0. The summed E-state index contributed by atoms with van der Waals surface area (Å²) in [5.74, 6) is -1.71. The number of aldehydes is 1. The van der Waals surface area contributed by atoms with Crippen molar-refractivity contribution in [1.29, 1.82) is 0 Å². The molecular weight excluding hydrogens is 518 g/mol. The second-order valence-electron chi connectivity index (χ2n) is 9.61. The van der Waals surface area contributed by atoms with Gasteiger partial charge in [-0.3, -0.25) is 10.1 Å². The summed E-state index contributed by atoms with van der Waals surface area (Å²) in [5.41, 5.74) is 16.5. The number of hydrogen-bond donors (Lipinski definition) is 5. The number of nitrogen functional groups attached to an aromatic ring is 1. The molecule has 0 aliphatic carbocycles. The first-order valence-corrected chi connectivity index (χ1v) is 13.0. The molecule has 9 nitrogen and oxygen atoms in total. The molecule has 0 aromatic heterocycles. The fourth-order valence-electron chi connectivity index (χ4n) is 4.48. The summed E-state index contributed by atoms with van der Waals surface area (Å²) >= 11 is 0. The number of nitrogens with two attached hydrogens (primary N) is 2. The molecule has 4 rings (SSSR count). The second kappa shape index (κ2) is 13.3. The molecule has 212 valence electrons. The van der Waals surface area contributed by atoms with E-state index in [-0.39, 0.29) is 19.0 Å². The summed E-state index contributed by atoms with van der Waals surface area (Å²) in [6.45, 7) is 4.45. The molecule has 7 N–H and O–H groups in total. The Morgan fingerprint density at radius 3 is 2.50 bits per heavy atom. The van der Waals surface area contributed by atoms with Crippen LogP contribution in [0.2, 0.25) is 0 Å². The molecule has 0 spiro atoms. The van der Waals surface area contributed by atoms with E-state index in [2.05, 4.69) is 16.0 Å². The van der Waals surface area contributed by atoms with Gasteiger partial charge in [0.2, 0.25) is 0 Å². The van der Waals surface area contributed by atoms with Crippen molar-refractivity contribution in [3.63, 3.8) is 0 Å². The number of carbonyl (C=O) groups is 2. The monoisotopic (exact) mass is 552 g/mol. The highest BCUT2D eigenvalue weighted by atomic mass is 19.1. The average molecular weight is 553 g/mol. The van der Waals surface area contributed by atoms with E-state index in [0.717, 1.165) is 23.6 Å². The lowest BCUT2D eigenvalue weighted by Gasteiger charge is -2.30. The third-order valence-corrected chi connectivity index (χ3v) is 6.63. The number of carbonyl (C=O) groups excluding carboxylic acids is 2. The van der Waals surface area contributed by atoms with E-state index in [4.69, 9.17) is 16.2 Å². The number of benzene rings is 3. The van der Waals surface area contributed by atoms with Gasteiger partial charge in [-0.1, -0.05) is 6.07 Å². The van der Waals surface area contributed by atoms with E-state index in [1.54, 1.807) is 24.3 Å². The fourth-order valence-corrected chi connectivity index (χ4v) is 4.48. The maximum Gasteiger partial charge on any atom is 0.254 e. The number of rotatable bonds is 13. The third-order valence-electron chi connectivity index (χ3n) is 6.63. The number of hydrogen-bond acceptors (Lipinski definition) is 8. The molecule has 0 bridgehead atoms. The Hall–Kier alpha value is -4.06. The highest BCUT2D eigenvalue weighted by Crippen LogP contribution is 2.27. The van der Waals surface area contributed by atoms with Gasteiger partial charge < -0.3 is 36.5 Å². The number of nitrogens with zero attached hydrogens (tertiary/aromatic N) is 1. The SMILES string of the molecule is CCN(CNCC=O)c1ccc(C(=O)NC(N)c2cc(Cc3cc(F)cc(F)c3)ccc2N)c(NC2COC2)c1. The summed E-state index contributed by atoms with van der Waals surface area (Å²) in [7, 11) is 0. The van der Waals surface area contributed by atoms with Crippen LogP contribution in [0.25, 0.3) is 0 Å². The molecule has 40 heavy (non-hydrogen) atoms. The number of nitrogens with one attached hydrogen (secondary N) is 3. The third kappa shape index (κ3) is 7.32. The van der Waals surface area contributed by atoms with Gasteiger partial charge in [0.05, 0.1) is 38.0 Å². The van der Waals surface area contributed by atoms with Crippen LogP contribution in [-0.2, 0) is 16.0 Å². The second-order valence-corrected chi connectivity index (χ2v) is 9.61. The van der Waals surface area contributed by atoms with Gasteiger partial charge in [-0.15, -0.1) is 0 Å². The summed E-state index contributed by atoms with van der Waals surface area (Å²) in [6.07, 6.45) is 0.130. The highest BCUT2D eigenvalue weighted by Gasteiger charge is 2.23. The molecular formula is C29H34F2N6O3. The van der Waals surface area contributed by atoms with Crippen molar-refractivity contribution >= 4 is 29.3 Å². The van der Waals surface area contributed by atoms with Crippen molar-refractivity contribution < 1.29 is 23.1 Å². The minimum absolute atomic E-state index is 0.0683. The maximum atomic E-state index is 13.6. The van der Waals surface area contributed by atoms with Crippen LogP contribution >= 0.6 is 0 Å². The maximum absolute atomic E-state index is 13.6. The number of ether oxygens (including phenoxy) is 1. The van der Waals surface area contributed by atoms with Gasteiger partial charge in [-0.05, 0) is 66.9 Å². The van der Waals surface area contributed by atoms with Gasteiger partial charge in [-0.25, -0.2) is 8.78 Å². The van der Waals surface area contributed by atoms with Crippen molar-refractivity contribution in [2.45, 2.75) is 25.6 Å². The van der Waals surface area contributed by atoms with Crippen LogP contribution in [0.1, 0.15) is 40.1 Å². The molecule has 1 atom stereocenters. The van der Waals surface area contributed by atoms with Gasteiger partial charge in [0.25, 0.3) is 5.91 Å². The molecule has 1 unspecified atom stereocenters. The average Bonchev–Trinajstić information content (AvgIpc) is 2.89. The van der Waals surface area contributed by atoms with Crippen molar-refractivity contribution in [2.24, 2.45) is 5.73 Å². The Balaban J connectivity index is 1.53. The Bertz CT molecular complexity index is 1330. The van der Waals surface area contributed by atoms with Crippen molar-refractivity contribution in [1.82, 2.24) is 10.6 Å². The summed E-state index contributed by atoms with van der Waals surface area (Å²) in [5, 5.41) is 9.24. The van der Waals surface area contributed by atoms with E-state index in [0.29, 0.717) is 54.5 Å². The summed E-state index contributed by atoms with van der Waals surface area (Å²) in [4.78, 5) is 26.1. The van der Waals surface area contributed by atoms with E-state index < -0.39 is 23.7 Å². The molecule has 3 aromatic rings. The first-order chi connectivity index (χ1) is 19.3. The number of anilines is 3. The van der Waals surface area contributed by atoms with Gasteiger partial charge in [-0.2, -0.15) is 0 Å². The minimum Gasteiger partial charge on any atom is -0.398 e. The van der Waals surface area contributed by atoms with Crippen LogP contribution in [0.15, 0.2) is 54.6 Å². The zero-order valence-electron chi connectivity index (χ0n) is 22.3. The van der Waals surface area contributed by atoms with Crippen LogP contribution < -0.4 is 32.3 Å². The van der Waals surface area contributed by atoms with Crippen LogP contribution in [0.5, 0.6) is 0 Å². The van der Waals surface area contributed by atoms with Gasteiger partial charge in [0.1, 0.15) is 24.1 Å². The van der Waals surface area contributed by atoms with Crippen molar-refractivity contribution in [3.05, 3.63) is 88.5 Å². The minimum atomic E-state index is -0.934. The molecule has 11 heteroatoms. The molecule has 1 saturated heterocycles. The fraction of sp³-hybridized carbons (Fsp3) is 0.310. The van der Waals surface area contributed by atoms with E-state index in [9.17, 15) is 18.4 Å². The normalized spacial score (nSPS) is 13.8. The standard InChI is InChI=1S/C29H34F2N6O3/c1-2-37(17-34-7-8-38)23-4-5-24(27(14-23)35-22-15-40-16-22)29(39)36-28(33)25-12-18(3-6-26(25)32)9-19-10-20(30)13-21(31)11-19/h3-6,8,10-14,22,28,34-35H,2,7,9,15-17,32-33H2,1H3,(H,36,39). The lowest BCUT2D eigenvalue weighted by molar-refractivity contribution is -0.107. The zero-order chi connectivity index (χ0) is 28.6. The quantitative estimate of drug-likeness (QED) is 0.0946. The van der Waals surface area contributed by atoms with E-state index in [1.807, 2.05) is 24.0 Å². The Labute approximate surface area is 231 Å². The van der Waals surface area contributed by atoms with Crippen LogP contribution in [0, 0.1) is 11.6 Å². The number of amides is 1. The predicted molar refractivity (Wildman–Crippen MR) is 151 cm³/mol. The topological polar surface area (TPSA) is 135 Å². The molecule has 1 heterocycles. The van der Waals surface area contributed by atoms with Gasteiger partial charge in [0.15, 0.2) is 0 Å². The molecule has 1 amide bonds. The first kappa shape index (κ1) is 28.9. The van der Waals surface area contributed by atoms with Crippen LogP contribution in [0.3, 0.4) is 0 Å². The predicted octanol–water partition coefficient (Wildman–Crippen LogP) is 2.91. The van der Waals surface area contributed by atoms with Crippen LogP contribution in [0.4, 0.5) is 25.8 Å². The summed E-state index contributed by atoms with van der Waals surface area (Å²) < 4.78 is 32.6. The van der Waals surface area contributed by atoms with E-state index >= 15 is 0 Å². The lowest BCUT2D eigenvalue weighted by atomic mass is 10.00. The zero-order valence-corrected chi connectivity index (χ0v) is 22.3. The molecule has 3 aromatic carbocycles.